The Morgan fingerprint density at radius 1 is 1.28 bits per heavy atom. The minimum Gasteiger partial charge on any atom is -0.480 e. The second-order valence-electron chi connectivity index (χ2n) is 7.36. The van der Waals surface area contributed by atoms with Crippen molar-refractivity contribution in [2.24, 2.45) is 5.92 Å². The molecule has 32 heavy (non-hydrogen) atoms. The first-order valence-corrected chi connectivity index (χ1v) is 9.79. The van der Waals surface area contributed by atoms with E-state index in [0.717, 1.165) is 0 Å². The molecule has 12 heteroatoms. The lowest BCUT2D eigenvalue weighted by molar-refractivity contribution is -0.286. The molecule has 0 saturated carbocycles. The van der Waals surface area contributed by atoms with Crippen LogP contribution in [0.25, 0.3) is 0 Å². The molecule has 0 radical (unpaired) electrons. The summed E-state index contributed by atoms with van der Waals surface area (Å²) in [6.45, 7) is 1.54. The maximum atomic E-state index is 13.2. The van der Waals surface area contributed by atoms with Gasteiger partial charge in [0.15, 0.2) is 17.5 Å². The number of hydrogen-bond donors (Lipinski definition) is 2. The van der Waals surface area contributed by atoms with E-state index in [-0.39, 0.29) is 17.9 Å². The first-order chi connectivity index (χ1) is 15.1. The average molecular weight is 468 g/mol. The number of rotatable bonds is 5. The number of alkyl halides is 2. The van der Waals surface area contributed by atoms with Crippen LogP contribution in [0.4, 0.5) is 13.6 Å². The van der Waals surface area contributed by atoms with Gasteiger partial charge in [0, 0.05) is 12.4 Å². The van der Waals surface area contributed by atoms with Crippen molar-refractivity contribution < 1.29 is 37.7 Å². The molecule has 1 fully saturated rings. The Balaban J connectivity index is 1.45. The number of hydrogen-bond acceptors (Lipinski definition) is 6. The van der Waals surface area contributed by atoms with E-state index in [4.69, 9.17) is 11.6 Å². The summed E-state index contributed by atoms with van der Waals surface area (Å²) in [5.74, 6) is -3.31. The van der Waals surface area contributed by atoms with Crippen molar-refractivity contribution in [1.29, 1.82) is 0 Å². The van der Waals surface area contributed by atoms with Crippen LogP contribution < -0.4 is 14.8 Å². The summed E-state index contributed by atoms with van der Waals surface area (Å²) in [5, 5.41) is 12.4. The molecule has 2 aliphatic rings. The maximum Gasteiger partial charge on any atom is 0.586 e. The molecule has 168 valence electrons. The van der Waals surface area contributed by atoms with Gasteiger partial charge in [-0.25, -0.2) is 14.5 Å². The number of nitrogens with one attached hydrogen (secondary N) is 1. The predicted molar refractivity (Wildman–Crippen MR) is 104 cm³/mol. The average Bonchev–Trinajstić information content (AvgIpc) is 3.02. The fourth-order valence-corrected chi connectivity index (χ4v) is 3.85. The molecular formula is C20H16ClF2N3O6. The minimum atomic E-state index is -3.78. The van der Waals surface area contributed by atoms with Gasteiger partial charge in [-0.05, 0) is 42.7 Å². The maximum absolute atomic E-state index is 13.2. The number of ether oxygens (including phenoxy) is 2. The van der Waals surface area contributed by atoms with Gasteiger partial charge in [-0.2, -0.15) is 0 Å². The molecule has 3 unspecified atom stereocenters. The van der Waals surface area contributed by atoms with E-state index in [0.29, 0.717) is 21.0 Å². The summed E-state index contributed by atoms with van der Waals surface area (Å²) in [4.78, 5) is 41.5. The van der Waals surface area contributed by atoms with E-state index in [2.05, 4.69) is 19.8 Å². The molecule has 1 aromatic carbocycles. The van der Waals surface area contributed by atoms with Crippen LogP contribution in [0.2, 0.25) is 5.02 Å². The van der Waals surface area contributed by atoms with E-state index in [1.807, 2.05) is 0 Å². The number of fused-ring (bicyclic) bond motifs is 1. The smallest absolute Gasteiger partial charge is 0.480 e. The lowest BCUT2D eigenvalue weighted by atomic mass is 9.83. The van der Waals surface area contributed by atoms with E-state index in [1.165, 1.54) is 30.6 Å². The zero-order chi connectivity index (χ0) is 23.2. The Hall–Kier alpha value is -3.47. The van der Waals surface area contributed by atoms with Crippen LogP contribution in [0.15, 0.2) is 36.7 Å². The Morgan fingerprint density at radius 3 is 2.69 bits per heavy atom. The summed E-state index contributed by atoms with van der Waals surface area (Å²) in [6, 6.07) is 2.50. The number of aliphatic carboxylic acids is 1. The van der Waals surface area contributed by atoms with Crippen LogP contribution in [-0.4, -0.2) is 45.2 Å². The van der Waals surface area contributed by atoms with Crippen LogP contribution in [0.5, 0.6) is 11.5 Å². The number of pyridine rings is 1. The van der Waals surface area contributed by atoms with Crippen LogP contribution in [0.1, 0.15) is 24.1 Å². The van der Waals surface area contributed by atoms with Crippen molar-refractivity contribution in [3.05, 3.63) is 52.8 Å². The Bertz CT molecular complexity index is 1110. The monoisotopic (exact) mass is 467 g/mol. The highest BCUT2D eigenvalue weighted by Gasteiger charge is 2.54. The van der Waals surface area contributed by atoms with Crippen molar-refractivity contribution in [1.82, 2.24) is 15.2 Å². The van der Waals surface area contributed by atoms with Gasteiger partial charge in [-0.1, -0.05) is 17.7 Å². The third kappa shape index (κ3) is 4.03. The number of carbonyl (C=O) groups is 3. The molecule has 3 heterocycles. The molecule has 0 aliphatic carbocycles. The van der Waals surface area contributed by atoms with E-state index < -0.39 is 42.2 Å². The van der Waals surface area contributed by atoms with Crippen LogP contribution in [-0.2, 0) is 16.0 Å². The zero-order valence-corrected chi connectivity index (χ0v) is 17.2. The molecule has 3 atom stereocenters. The van der Waals surface area contributed by atoms with Gasteiger partial charge in [0.1, 0.15) is 0 Å². The number of likely N-dealkylation sites (tertiary alicyclic amines) is 1. The second-order valence-corrected chi connectivity index (χ2v) is 7.79. The molecule has 1 aromatic heterocycles. The molecule has 0 bridgehead atoms. The first-order valence-electron chi connectivity index (χ1n) is 9.41. The molecule has 0 spiro atoms. The third-order valence-corrected chi connectivity index (χ3v) is 5.37. The largest absolute Gasteiger partial charge is 0.586 e. The number of nitrogens with zero attached hydrogens (tertiary/aromatic N) is 2. The highest BCUT2D eigenvalue weighted by atomic mass is 35.5. The van der Waals surface area contributed by atoms with Gasteiger partial charge >= 0.3 is 18.3 Å². The van der Waals surface area contributed by atoms with Crippen molar-refractivity contribution in [3.8, 4) is 11.5 Å². The summed E-state index contributed by atoms with van der Waals surface area (Å²) in [7, 11) is 0. The molecule has 2 aliphatic heterocycles. The highest BCUT2D eigenvalue weighted by Crippen LogP contribution is 2.42. The molecule has 3 amide bonds. The number of carbonyl (C=O) groups excluding carboxylic acids is 2. The summed E-state index contributed by atoms with van der Waals surface area (Å²) < 4.78 is 35.1. The number of β-lactam (4-membered cyclic amide) rings is 1. The van der Waals surface area contributed by atoms with Crippen LogP contribution in [0.3, 0.4) is 0 Å². The Kier molecular flexibility index (Phi) is 5.37. The third-order valence-electron chi connectivity index (χ3n) is 5.17. The van der Waals surface area contributed by atoms with Crippen molar-refractivity contribution in [2.75, 3.05) is 0 Å². The molecule has 4 rings (SSSR count). The number of urea groups is 1. The summed E-state index contributed by atoms with van der Waals surface area (Å²) >= 11 is 5.87. The van der Waals surface area contributed by atoms with Crippen LogP contribution >= 0.6 is 11.6 Å². The lowest BCUT2D eigenvalue weighted by Crippen LogP contribution is -2.68. The number of imide groups is 1. The topological polar surface area (TPSA) is 118 Å². The Labute approximate surface area is 184 Å². The number of benzene rings is 1. The lowest BCUT2D eigenvalue weighted by Gasteiger charge is -2.43. The normalized spacial score (nSPS) is 21.6. The quantitative estimate of drug-likeness (QED) is 0.649. The van der Waals surface area contributed by atoms with Gasteiger partial charge in [0.2, 0.25) is 5.91 Å². The van der Waals surface area contributed by atoms with Gasteiger partial charge in [-0.3, -0.25) is 9.78 Å². The predicted octanol–water partition coefficient (Wildman–Crippen LogP) is 2.98. The number of carboxylic acids is 1. The van der Waals surface area contributed by atoms with Crippen molar-refractivity contribution in [3.63, 3.8) is 0 Å². The van der Waals surface area contributed by atoms with E-state index in [9.17, 15) is 28.3 Å². The number of halogens is 3. The highest BCUT2D eigenvalue weighted by molar-refractivity contribution is 6.30. The molecule has 9 nitrogen and oxygen atoms in total. The number of amides is 3. The van der Waals surface area contributed by atoms with Gasteiger partial charge < -0.3 is 19.9 Å². The first kappa shape index (κ1) is 21.8. The molecule has 1 saturated heterocycles. The van der Waals surface area contributed by atoms with Crippen molar-refractivity contribution in [2.45, 2.75) is 31.7 Å². The fourth-order valence-electron chi connectivity index (χ4n) is 3.65. The Morgan fingerprint density at radius 2 is 2.00 bits per heavy atom. The number of aromatic nitrogens is 1. The van der Waals surface area contributed by atoms with Crippen molar-refractivity contribution >= 4 is 29.5 Å². The fraction of sp³-hybridized carbons (Fsp3) is 0.300. The SMILES string of the molecule is CC(NC(=O)N1C(=O)C(Cc2cncc(Cl)c2)C1C(=O)O)c1ccc2c(c1)OC(F)(F)O2. The van der Waals surface area contributed by atoms with Crippen LogP contribution in [0, 0.1) is 5.92 Å². The minimum absolute atomic E-state index is 0.0546. The van der Waals surface area contributed by atoms with E-state index >= 15 is 0 Å². The molecule has 2 aromatic rings. The zero-order valence-electron chi connectivity index (χ0n) is 16.4. The molecular weight excluding hydrogens is 452 g/mol. The summed E-state index contributed by atoms with van der Waals surface area (Å²) in [6.07, 6.45) is -0.856. The standard InChI is InChI=1S/C20H16ClF2N3O6/c1-9(11-2-3-14-15(6-11)32-20(22,23)31-14)25-19(30)26-16(18(28)29)13(17(26)27)5-10-4-12(21)8-24-7-10/h2-4,6-9,13,16H,5H2,1H3,(H,25,30)(H,28,29). The summed E-state index contributed by atoms with van der Waals surface area (Å²) in [5.41, 5.74) is 0.951. The number of carboxylic acid groups (broad SMARTS) is 1. The van der Waals surface area contributed by atoms with E-state index in [1.54, 1.807) is 13.0 Å². The van der Waals surface area contributed by atoms with Gasteiger partial charge in [-0.15, -0.1) is 8.78 Å². The van der Waals surface area contributed by atoms with Gasteiger partial charge in [0.05, 0.1) is 17.0 Å². The van der Waals surface area contributed by atoms with Gasteiger partial charge in [0.25, 0.3) is 0 Å². The second kappa shape index (κ2) is 7.90. The molecule has 2 N–H and O–H groups in total.